The lowest BCUT2D eigenvalue weighted by molar-refractivity contribution is 0.140. The number of aromatic nitrogens is 2. The fourth-order valence-corrected chi connectivity index (χ4v) is 1.34. The van der Waals surface area contributed by atoms with Gasteiger partial charge in [-0.25, -0.2) is 4.79 Å². The van der Waals surface area contributed by atoms with Gasteiger partial charge in [-0.2, -0.15) is 0 Å². The maximum absolute atomic E-state index is 11.4. The molecule has 1 heterocycles. The minimum atomic E-state index is -0.593. The van der Waals surface area contributed by atoms with Crippen LogP contribution in [0.4, 0.5) is 0 Å². The Morgan fingerprint density at radius 2 is 2.12 bits per heavy atom. The highest BCUT2D eigenvalue weighted by Gasteiger charge is 2.09. The van der Waals surface area contributed by atoms with Gasteiger partial charge in [-0.15, -0.1) is 0 Å². The van der Waals surface area contributed by atoms with Crippen LogP contribution in [-0.2, 0) is 11.3 Å². The Bertz CT molecular complexity index is 461. The fraction of sp³-hybridized carbons (Fsp3) is 0.600. The number of H-pyrrole nitrogens is 1. The summed E-state index contributed by atoms with van der Waals surface area (Å²) in [5.74, 6) is -0.273. The van der Waals surface area contributed by atoms with Gasteiger partial charge in [0.15, 0.2) is 0 Å². The zero-order valence-electron chi connectivity index (χ0n) is 9.45. The van der Waals surface area contributed by atoms with Crippen LogP contribution in [-0.4, -0.2) is 27.9 Å². The Labute approximate surface area is 92.5 Å². The summed E-state index contributed by atoms with van der Waals surface area (Å²) < 4.78 is 6.25. The van der Waals surface area contributed by atoms with Gasteiger partial charge in [-0.1, -0.05) is 0 Å². The number of aromatic hydroxyl groups is 1. The van der Waals surface area contributed by atoms with Crippen molar-refractivity contribution in [3.05, 3.63) is 26.4 Å². The first-order chi connectivity index (χ1) is 7.57. The van der Waals surface area contributed by atoms with Gasteiger partial charge in [0.1, 0.15) is 0 Å². The smallest absolute Gasteiger partial charge is 0.331 e. The van der Waals surface area contributed by atoms with E-state index in [0.717, 1.165) is 4.57 Å². The summed E-state index contributed by atoms with van der Waals surface area (Å²) in [5, 5.41) is 9.62. The first kappa shape index (κ1) is 12.5. The third-order valence-electron chi connectivity index (χ3n) is 2.27. The summed E-state index contributed by atoms with van der Waals surface area (Å²) in [6.45, 7) is 4.80. The molecule has 0 bridgehead atoms. The van der Waals surface area contributed by atoms with E-state index in [0.29, 0.717) is 26.2 Å². The zero-order valence-corrected chi connectivity index (χ0v) is 9.45. The summed E-state index contributed by atoms with van der Waals surface area (Å²) in [6, 6.07) is 0. The predicted octanol–water partition coefficient (Wildman–Crippen LogP) is -0.0228. The standard InChI is InChI=1S/C10H16N2O4/c1-3-16-6-4-5-12-9(14)7(2)8(13)11-10(12)15/h14H,3-6H2,1-2H3,(H,11,13,15). The predicted molar refractivity (Wildman–Crippen MR) is 58.8 cm³/mol. The molecule has 0 aliphatic heterocycles. The molecule has 0 saturated carbocycles. The van der Waals surface area contributed by atoms with Crippen LogP contribution in [0.15, 0.2) is 9.59 Å². The van der Waals surface area contributed by atoms with E-state index in [1.807, 2.05) is 6.92 Å². The van der Waals surface area contributed by atoms with E-state index >= 15 is 0 Å². The lowest BCUT2D eigenvalue weighted by Gasteiger charge is -2.09. The van der Waals surface area contributed by atoms with Gasteiger partial charge in [0, 0.05) is 19.8 Å². The third-order valence-corrected chi connectivity index (χ3v) is 2.27. The Morgan fingerprint density at radius 1 is 1.44 bits per heavy atom. The molecule has 0 radical (unpaired) electrons. The molecule has 0 amide bonds. The van der Waals surface area contributed by atoms with Crippen molar-refractivity contribution in [1.82, 2.24) is 9.55 Å². The molecule has 90 valence electrons. The molecule has 0 atom stereocenters. The van der Waals surface area contributed by atoms with Crippen LogP contribution in [0.5, 0.6) is 5.88 Å². The van der Waals surface area contributed by atoms with Crippen LogP contribution >= 0.6 is 0 Å². The van der Waals surface area contributed by atoms with Crippen LogP contribution in [0.3, 0.4) is 0 Å². The Kier molecular flexibility index (Phi) is 4.30. The minimum absolute atomic E-state index is 0.149. The summed E-state index contributed by atoms with van der Waals surface area (Å²) in [6.07, 6.45) is 0.604. The highest BCUT2D eigenvalue weighted by molar-refractivity contribution is 5.20. The van der Waals surface area contributed by atoms with E-state index in [-0.39, 0.29) is 11.4 Å². The Balaban J connectivity index is 2.84. The average molecular weight is 228 g/mol. The third kappa shape index (κ3) is 2.73. The largest absolute Gasteiger partial charge is 0.494 e. The Hall–Kier alpha value is -1.56. The maximum atomic E-state index is 11.4. The highest BCUT2D eigenvalue weighted by atomic mass is 16.5. The van der Waals surface area contributed by atoms with Crippen molar-refractivity contribution in [2.24, 2.45) is 0 Å². The molecule has 0 saturated heterocycles. The molecule has 1 aromatic heterocycles. The number of nitrogens with one attached hydrogen (secondary N) is 1. The number of nitrogens with zero attached hydrogens (tertiary/aromatic N) is 1. The van der Waals surface area contributed by atoms with Gasteiger partial charge in [0.25, 0.3) is 5.56 Å². The van der Waals surface area contributed by atoms with Gasteiger partial charge in [0.05, 0.1) is 5.56 Å². The van der Waals surface area contributed by atoms with E-state index in [9.17, 15) is 14.7 Å². The number of rotatable bonds is 5. The maximum Gasteiger partial charge on any atom is 0.331 e. The van der Waals surface area contributed by atoms with Crippen LogP contribution in [0.2, 0.25) is 0 Å². The molecule has 6 heteroatoms. The van der Waals surface area contributed by atoms with E-state index in [2.05, 4.69) is 4.98 Å². The quantitative estimate of drug-likeness (QED) is 0.693. The molecule has 1 aromatic rings. The van der Waals surface area contributed by atoms with E-state index in [4.69, 9.17) is 4.74 Å². The van der Waals surface area contributed by atoms with Crippen molar-refractivity contribution >= 4 is 0 Å². The molecule has 6 nitrogen and oxygen atoms in total. The second-order valence-electron chi connectivity index (χ2n) is 3.41. The zero-order chi connectivity index (χ0) is 12.1. The second kappa shape index (κ2) is 5.50. The molecule has 0 spiro atoms. The monoisotopic (exact) mass is 228 g/mol. The van der Waals surface area contributed by atoms with Gasteiger partial charge in [0.2, 0.25) is 5.88 Å². The molecule has 0 fully saturated rings. The molecule has 16 heavy (non-hydrogen) atoms. The van der Waals surface area contributed by atoms with Crippen molar-refractivity contribution < 1.29 is 9.84 Å². The highest BCUT2D eigenvalue weighted by Crippen LogP contribution is 2.08. The lowest BCUT2D eigenvalue weighted by Crippen LogP contribution is -2.31. The van der Waals surface area contributed by atoms with Crippen LogP contribution < -0.4 is 11.2 Å². The van der Waals surface area contributed by atoms with Gasteiger partial charge >= 0.3 is 5.69 Å². The van der Waals surface area contributed by atoms with Gasteiger partial charge in [-0.3, -0.25) is 14.3 Å². The molecule has 0 unspecified atom stereocenters. The van der Waals surface area contributed by atoms with Gasteiger partial charge in [-0.05, 0) is 20.3 Å². The fourth-order valence-electron chi connectivity index (χ4n) is 1.34. The van der Waals surface area contributed by atoms with Crippen LogP contribution in [0, 0.1) is 6.92 Å². The van der Waals surface area contributed by atoms with Crippen molar-refractivity contribution in [3.8, 4) is 5.88 Å². The summed E-state index contributed by atoms with van der Waals surface area (Å²) in [4.78, 5) is 24.7. The Morgan fingerprint density at radius 3 is 2.75 bits per heavy atom. The van der Waals surface area contributed by atoms with E-state index < -0.39 is 11.2 Å². The molecule has 1 rings (SSSR count). The first-order valence-corrected chi connectivity index (χ1v) is 5.18. The minimum Gasteiger partial charge on any atom is -0.494 e. The van der Waals surface area contributed by atoms with Crippen molar-refractivity contribution in [3.63, 3.8) is 0 Å². The van der Waals surface area contributed by atoms with E-state index in [1.54, 1.807) is 0 Å². The van der Waals surface area contributed by atoms with Crippen LogP contribution in [0.1, 0.15) is 18.9 Å². The van der Waals surface area contributed by atoms with E-state index in [1.165, 1.54) is 6.92 Å². The molecule has 0 aliphatic rings. The summed E-state index contributed by atoms with van der Waals surface area (Å²) in [5.41, 5.74) is -0.996. The van der Waals surface area contributed by atoms with Gasteiger partial charge < -0.3 is 9.84 Å². The second-order valence-corrected chi connectivity index (χ2v) is 3.41. The molecule has 0 aliphatic carbocycles. The topological polar surface area (TPSA) is 84.3 Å². The SMILES string of the molecule is CCOCCCn1c(O)c(C)c(=O)[nH]c1=O. The number of hydrogen-bond donors (Lipinski definition) is 2. The average Bonchev–Trinajstić information content (AvgIpc) is 2.25. The van der Waals surface area contributed by atoms with Crippen LogP contribution in [0.25, 0.3) is 0 Å². The van der Waals surface area contributed by atoms with Crippen molar-refractivity contribution in [2.75, 3.05) is 13.2 Å². The molecule has 2 N–H and O–H groups in total. The molecule has 0 aromatic carbocycles. The van der Waals surface area contributed by atoms with Crippen molar-refractivity contribution in [2.45, 2.75) is 26.8 Å². The lowest BCUT2D eigenvalue weighted by atomic mass is 10.3. The number of hydrogen-bond acceptors (Lipinski definition) is 4. The first-order valence-electron chi connectivity index (χ1n) is 5.18. The number of aromatic amines is 1. The molecular formula is C10H16N2O4. The van der Waals surface area contributed by atoms with Crippen molar-refractivity contribution in [1.29, 1.82) is 0 Å². The normalized spacial score (nSPS) is 10.6. The summed E-state index contributed by atoms with van der Waals surface area (Å²) in [7, 11) is 0. The number of ether oxygens (including phenoxy) is 1. The molecular weight excluding hydrogens is 212 g/mol. The summed E-state index contributed by atoms with van der Waals surface area (Å²) >= 11 is 0.